The molecule has 0 heterocycles. The Hall–Kier alpha value is -3.31. The molecule has 0 unspecified atom stereocenters. The number of aromatic carboxylic acids is 1. The topological polar surface area (TPSA) is 75.6 Å². The molecule has 0 bridgehead atoms. The molecule has 3 aromatic carbocycles. The van der Waals surface area contributed by atoms with Crippen molar-refractivity contribution in [3.05, 3.63) is 87.9 Å². The first kappa shape index (κ1) is 19.0. The number of amides is 1. The molecule has 2 N–H and O–H groups in total. The van der Waals surface area contributed by atoms with Gasteiger partial charge in [0.1, 0.15) is 6.61 Å². The quantitative estimate of drug-likeness (QED) is 0.581. The molecule has 1 aliphatic carbocycles. The highest BCUT2D eigenvalue weighted by Gasteiger charge is 2.29. The van der Waals surface area contributed by atoms with Gasteiger partial charge in [0, 0.05) is 5.92 Å². The zero-order chi connectivity index (χ0) is 20.5. The number of anilines is 1. The highest BCUT2D eigenvalue weighted by atomic mass is 35.5. The lowest BCUT2D eigenvalue weighted by Gasteiger charge is -2.15. The van der Waals surface area contributed by atoms with Crippen LogP contribution in [-0.2, 0) is 4.74 Å². The highest BCUT2D eigenvalue weighted by Crippen LogP contribution is 2.44. The van der Waals surface area contributed by atoms with Gasteiger partial charge in [-0.05, 0) is 46.9 Å². The molecule has 6 heteroatoms. The molecule has 5 nitrogen and oxygen atoms in total. The van der Waals surface area contributed by atoms with Gasteiger partial charge in [0.15, 0.2) is 0 Å². The van der Waals surface area contributed by atoms with Gasteiger partial charge in [0.2, 0.25) is 0 Å². The van der Waals surface area contributed by atoms with E-state index in [9.17, 15) is 9.59 Å². The number of rotatable bonds is 4. The van der Waals surface area contributed by atoms with Gasteiger partial charge in [-0.1, -0.05) is 60.1 Å². The molecule has 29 heavy (non-hydrogen) atoms. The minimum absolute atomic E-state index is 0.0419. The van der Waals surface area contributed by atoms with Crippen molar-refractivity contribution in [2.45, 2.75) is 12.8 Å². The van der Waals surface area contributed by atoms with Crippen molar-refractivity contribution in [3.8, 4) is 11.1 Å². The smallest absolute Gasteiger partial charge is 0.411 e. The van der Waals surface area contributed by atoms with Gasteiger partial charge in [0.25, 0.3) is 0 Å². The predicted octanol–water partition coefficient (Wildman–Crippen LogP) is 5.71. The fourth-order valence-electron chi connectivity index (χ4n) is 3.76. The Balaban J connectivity index is 1.50. The molecule has 0 atom stereocenters. The molecule has 146 valence electrons. The van der Waals surface area contributed by atoms with Gasteiger partial charge >= 0.3 is 12.1 Å². The summed E-state index contributed by atoms with van der Waals surface area (Å²) in [6.07, 6.45) is -0.642. The molecule has 0 saturated heterocycles. The van der Waals surface area contributed by atoms with Gasteiger partial charge < -0.3 is 9.84 Å². The number of carboxylic acid groups (broad SMARTS) is 1. The maximum Gasteiger partial charge on any atom is 0.411 e. The maximum absolute atomic E-state index is 12.4. The number of ether oxygens (including phenoxy) is 1. The van der Waals surface area contributed by atoms with E-state index in [1.54, 1.807) is 6.92 Å². The number of hydrogen-bond acceptors (Lipinski definition) is 3. The van der Waals surface area contributed by atoms with Crippen molar-refractivity contribution in [1.29, 1.82) is 0 Å². The summed E-state index contributed by atoms with van der Waals surface area (Å²) < 4.78 is 5.49. The van der Waals surface area contributed by atoms with Crippen LogP contribution in [0.5, 0.6) is 0 Å². The Morgan fingerprint density at radius 1 is 1.00 bits per heavy atom. The van der Waals surface area contributed by atoms with E-state index in [0.717, 1.165) is 22.3 Å². The zero-order valence-corrected chi connectivity index (χ0v) is 16.4. The molecule has 0 aromatic heterocycles. The van der Waals surface area contributed by atoms with Crippen LogP contribution in [0.3, 0.4) is 0 Å². The third kappa shape index (κ3) is 3.45. The normalized spacial score (nSPS) is 12.2. The average molecular weight is 408 g/mol. The standard InChI is InChI=1S/C23H18ClNO4/c1-13-14(22(26)27)10-11-20(21(13)24)25-23(28)29-12-19-17-8-4-2-6-15(17)16-7-3-5-9-18(16)19/h2-11,19H,12H2,1H3,(H,25,28)(H,26,27). The second-order valence-corrected chi connectivity index (χ2v) is 7.23. The summed E-state index contributed by atoms with van der Waals surface area (Å²) in [7, 11) is 0. The number of carboxylic acids is 1. The van der Waals surface area contributed by atoms with Crippen LogP contribution in [0.25, 0.3) is 11.1 Å². The van der Waals surface area contributed by atoms with Crippen molar-refractivity contribution in [2.24, 2.45) is 0 Å². The summed E-state index contributed by atoms with van der Waals surface area (Å²) >= 11 is 6.21. The van der Waals surface area contributed by atoms with Crippen molar-refractivity contribution in [3.63, 3.8) is 0 Å². The summed E-state index contributed by atoms with van der Waals surface area (Å²) in [5.74, 6) is -1.11. The molecule has 0 radical (unpaired) electrons. The highest BCUT2D eigenvalue weighted by molar-refractivity contribution is 6.34. The van der Waals surface area contributed by atoms with Gasteiger partial charge in [-0.2, -0.15) is 0 Å². The fraction of sp³-hybridized carbons (Fsp3) is 0.130. The molecule has 0 saturated carbocycles. The summed E-state index contributed by atoms with van der Waals surface area (Å²) in [4.78, 5) is 23.6. The monoisotopic (exact) mass is 407 g/mol. The first-order valence-electron chi connectivity index (χ1n) is 9.11. The van der Waals surface area contributed by atoms with Crippen LogP contribution < -0.4 is 5.32 Å². The number of carbonyl (C=O) groups is 2. The summed E-state index contributed by atoms with van der Waals surface area (Å²) in [5, 5.41) is 11.9. The molecule has 3 aromatic rings. The lowest BCUT2D eigenvalue weighted by atomic mass is 9.98. The average Bonchev–Trinajstić information content (AvgIpc) is 3.03. The van der Waals surface area contributed by atoms with Gasteiger partial charge in [-0.15, -0.1) is 0 Å². The number of hydrogen-bond donors (Lipinski definition) is 2. The molecule has 4 rings (SSSR count). The van der Waals surface area contributed by atoms with Crippen molar-refractivity contribution < 1.29 is 19.4 Å². The van der Waals surface area contributed by atoms with Gasteiger partial charge in [-0.25, -0.2) is 9.59 Å². The molecular formula is C23H18ClNO4. The number of nitrogens with one attached hydrogen (secondary N) is 1. The molecule has 1 aliphatic rings. The van der Waals surface area contributed by atoms with Crippen molar-refractivity contribution in [1.82, 2.24) is 0 Å². The van der Waals surface area contributed by atoms with Crippen LogP contribution in [0.15, 0.2) is 60.7 Å². The molecule has 1 amide bonds. The Kier molecular flexibility index (Phi) is 4.99. The van der Waals surface area contributed by atoms with Crippen LogP contribution in [-0.4, -0.2) is 23.8 Å². The molecular weight excluding hydrogens is 390 g/mol. The second kappa shape index (κ2) is 7.60. The fourth-order valence-corrected chi connectivity index (χ4v) is 3.97. The number of halogens is 1. The Labute approximate surface area is 172 Å². The zero-order valence-electron chi connectivity index (χ0n) is 15.6. The van der Waals surface area contributed by atoms with E-state index in [4.69, 9.17) is 21.4 Å². The lowest BCUT2D eigenvalue weighted by Crippen LogP contribution is -2.18. The third-order valence-electron chi connectivity index (χ3n) is 5.20. The van der Waals surface area contributed by atoms with E-state index in [1.807, 2.05) is 36.4 Å². The van der Waals surface area contributed by atoms with Crippen LogP contribution in [0.2, 0.25) is 5.02 Å². The predicted molar refractivity (Wildman–Crippen MR) is 112 cm³/mol. The summed E-state index contributed by atoms with van der Waals surface area (Å²) in [6.45, 7) is 1.78. The summed E-state index contributed by atoms with van der Waals surface area (Å²) in [5.41, 5.74) is 5.34. The van der Waals surface area contributed by atoms with E-state index in [0.29, 0.717) is 11.3 Å². The Morgan fingerprint density at radius 2 is 1.59 bits per heavy atom. The first-order chi connectivity index (χ1) is 14.0. The van der Waals surface area contributed by atoms with Crippen LogP contribution >= 0.6 is 11.6 Å². The van der Waals surface area contributed by atoms with Crippen LogP contribution in [0, 0.1) is 6.92 Å². The number of fused-ring (bicyclic) bond motifs is 3. The Bertz CT molecular complexity index is 1080. The number of benzene rings is 3. The van der Waals surface area contributed by atoms with E-state index < -0.39 is 12.1 Å². The van der Waals surface area contributed by atoms with E-state index in [-0.39, 0.29) is 23.1 Å². The Morgan fingerprint density at radius 3 is 2.17 bits per heavy atom. The summed E-state index contributed by atoms with van der Waals surface area (Å²) in [6, 6.07) is 19.0. The molecule has 0 aliphatic heterocycles. The molecule has 0 spiro atoms. The van der Waals surface area contributed by atoms with Crippen molar-refractivity contribution in [2.75, 3.05) is 11.9 Å². The SMILES string of the molecule is Cc1c(C(=O)O)ccc(NC(=O)OCC2c3ccccc3-c3ccccc32)c1Cl. The van der Waals surface area contributed by atoms with E-state index in [2.05, 4.69) is 17.4 Å². The van der Waals surface area contributed by atoms with Crippen molar-refractivity contribution >= 4 is 29.4 Å². The minimum atomic E-state index is -1.07. The largest absolute Gasteiger partial charge is 0.478 e. The molecule has 0 fully saturated rings. The lowest BCUT2D eigenvalue weighted by molar-refractivity contribution is 0.0696. The third-order valence-corrected chi connectivity index (χ3v) is 5.68. The van der Waals surface area contributed by atoms with Gasteiger partial charge in [-0.3, -0.25) is 5.32 Å². The van der Waals surface area contributed by atoms with E-state index >= 15 is 0 Å². The minimum Gasteiger partial charge on any atom is -0.478 e. The van der Waals surface area contributed by atoms with Crippen LogP contribution in [0.4, 0.5) is 10.5 Å². The number of carbonyl (C=O) groups excluding carboxylic acids is 1. The first-order valence-corrected chi connectivity index (χ1v) is 9.49. The van der Waals surface area contributed by atoms with Crippen LogP contribution in [0.1, 0.15) is 33.0 Å². The second-order valence-electron chi connectivity index (χ2n) is 6.86. The van der Waals surface area contributed by atoms with Gasteiger partial charge in [0.05, 0.1) is 16.3 Å². The maximum atomic E-state index is 12.4. The van der Waals surface area contributed by atoms with E-state index in [1.165, 1.54) is 12.1 Å².